The number of halogens is 1. The number of amides is 1. The minimum atomic E-state index is -0.297. The Labute approximate surface area is 110 Å². The van der Waals surface area contributed by atoms with Gasteiger partial charge in [0.2, 0.25) is 0 Å². The number of pyridine rings is 1. The molecule has 0 bridgehead atoms. The van der Waals surface area contributed by atoms with Gasteiger partial charge in [0.1, 0.15) is 11.6 Å². The second-order valence-electron chi connectivity index (χ2n) is 4.22. The fourth-order valence-electron chi connectivity index (χ4n) is 1.74. The lowest BCUT2D eigenvalue weighted by Gasteiger charge is -2.17. The Kier molecular flexibility index (Phi) is 3.75. The van der Waals surface area contributed by atoms with E-state index >= 15 is 0 Å². The lowest BCUT2D eigenvalue weighted by atomic mass is 10.2. The Morgan fingerprint density at radius 2 is 2.00 bits per heavy atom. The highest BCUT2D eigenvalue weighted by Gasteiger charge is 2.15. The molecule has 1 aromatic carbocycles. The number of hydrogen-bond acceptors (Lipinski definition) is 3. The molecule has 1 heterocycles. The molecule has 2 aromatic rings. The number of aromatic nitrogens is 1. The maximum Gasteiger partial charge on any atom is 0.257 e. The topological polar surface area (TPSA) is 59.2 Å². The van der Waals surface area contributed by atoms with Crippen molar-refractivity contribution in [3.8, 4) is 0 Å². The first-order valence-corrected chi connectivity index (χ1v) is 5.78. The van der Waals surface area contributed by atoms with Crippen LogP contribution in [0.15, 0.2) is 42.6 Å². The van der Waals surface area contributed by atoms with Crippen molar-refractivity contribution in [3.63, 3.8) is 0 Å². The second-order valence-corrected chi connectivity index (χ2v) is 4.22. The predicted octanol–water partition coefficient (Wildman–Crippen LogP) is 2.08. The first kappa shape index (κ1) is 13.0. The van der Waals surface area contributed by atoms with E-state index in [1.807, 2.05) is 0 Å². The molecule has 0 saturated heterocycles. The van der Waals surface area contributed by atoms with Crippen molar-refractivity contribution in [3.05, 3.63) is 59.5 Å². The van der Waals surface area contributed by atoms with E-state index in [9.17, 15) is 9.18 Å². The van der Waals surface area contributed by atoms with Crippen molar-refractivity contribution in [1.82, 2.24) is 9.88 Å². The molecule has 98 valence electrons. The molecule has 0 aliphatic carbocycles. The summed E-state index contributed by atoms with van der Waals surface area (Å²) in [7, 11) is 1.66. The first-order valence-electron chi connectivity index (χ1n) is 5.78. The number of anilines is 1. The number of nitrogens with two attached hydrogens (primary N) is 1. The van der Waals surface area contributed by atoms with Gasteiger partial charge in [-0.2, -0.15) is 0 Å². The summed E-state index contributed by atoms with van der Waals surface area (Å²) in [4.78, 5) is 17.6. The normalized spacial score (nSPS) is 10.2. The van der Waals surface area contributed by atoms with Gasteiger partial charge in [-0.3, -0.25) is 4.79 Å². The first-order chi connectivity index (χ1) is 9.08. The molecule has 2 rings (SSSR count). The van der Waals surface area contributed by atoms with Gasteiger partial charge in [0.25, 0.3) is 5.91 Å². The van der Waals surface area contributed by atoms with E-state index in [4.69, 9.17) is 5.73 Å². The van der Waals surface area contributed by atoms with Gasteiger partial charge < -0.3 is 10.6 Å². The molecule has 0 unspecified atom stereocenters. The molecule has 0 aliphatic rings. The third-order valence-electron chi connectivity index (χ3n) is 2.75. The predicted molar refractivity (Wildman–Crippen MR) is 70.8 cm³/mol. The van der Waals surface area contributed by atoms with Gasteiger partial charge in [0.15, 0.2) is 0 Å². The second kappa shape index (κ2) is 5.48. The molecule has 1 amide bonds. The van der Waals surface area contributed by atoms with Crippen molar-refractivity contribution in [2.75, 3.05) is 12.8 Å². The van der Waals surface area contributed by atoms with Crippen LogP contribution in [0, 0.1) is 5.82 Å². The van der Waals surface area contributed by atoms with Crippen LogP contribution in [0.2, 0.25) is 0 Å². The maximum atomic E-state index is 12.8. The van der Waals surface area contributed by atoms with Gasteiger partial charge in [0, 0.05) is 19.8 Å². The van der Waals surface area contributed by atoms with Crippen LogP contribution in [0.4, 0.5) is 10.2 Å². The summed E-state index contributed by atoms with van der Waals surface area (Å²) in [5.74, 6) is -0.303. The molecule has 0 aliphatic heterocycles. The third-order valence-corrected chi connectivity index (χ3v) is 2.75. The van der Waals surface area contributed by atoms with Crippen molar-refractivity contribution in [2.24, 2.45) is 0 Å². The standard InChI is InChI=1S/C14H14FN3O/c1-18(9-10-4-6-11(15)7-5-10)14(19)12-3-2-8-17-13(12)16/h2-8H,9H2,1H3,(H2,16,17). The van der Waals surface area contributed by atoms with Gasteiger partial charge in [0.05, 0.1) is 5.56 Å². The van der Waals surface area contributed by atoms with E-state index in [1.54, 1.807) is 31.3 Å². The molecule has 1 aromatic heterocycles. The van der Waals surface area contributed by atoms with Crippen LogP contribution in [-0.2, 0) is 6.54 Å². The van der Waals surface area contributed by atoms with E-state index in [0.717, 1.165) is 5.56 Å². The fraction of sp³-hybridized carbons (Fsp3) is 0.143. The molecule has 4 nitrogen and oxygen atoms in total. The number of rotatable bonds is 3. The molecule has 5 heteroatoms. The van der Waals surface area contributed by atoms with E-state index in [0.29, 0.717) is 12.1 Å². The number of carbonyl (C=O) groups is 1. The Morgan fingerprint density at radius 3 is 2.63 bits per heavy atom. The molecule has 2 N–H and O–H groups in total. The number of hydrogen-bond donors (Lipinski definition) is 1. The SMILES string of the molecule is CN(Cc1ccc(F)cc1)C(=O)c1cccnc1N. The zero-order chi connectivity index (χ0) is 13.8. The van der Waals surface area contributed by atoms with Gasteiger partial charge >= 0.3 is 0 Å². The van der Waals surface area contributed by atoms with Crippen LogP contribution in [0.1, 0.15) is 15.9 Å². The maximum absolute atomic E-state index is 12.8. The minimum Gasteiger partial charge on any atom is -0.383 e. The van der Waals surface area contributed by atoms with Crippen molar-refractivity contribution in [2.45, 2.75) is 6.54 Å². The average Bonchev–Trinajstić information content (AvgIpc) is 2.41. The molecule has 0 saturated carbocycles. The molecular weight excluding hydrogens is 245 g/mol. The fourth-order valence-corrected chi connectivity index (χ4v) is 1.74. The summed E-state index contributed by atoms with van der Waals surface area (Å²) in [6.07, 6.45) is 1.53. The number of nitrogens with zero attached hydrogens (tertiary/aromatic N) is 2. The summed E-state index contributed by atoms with van der Waals surface area (Å²) >= 11 is 0. The largest absolute Gasteiger partial charge is 0.383 e. The van der Waals surface area contributed by atoms with Crippen molar-refractivity contribution in [1.29, 1.82) is 0 Å². The van der Waals surface area contributed by atoms with Crippen LogP contribution >= 0.6 is 0 Å². The molecule has 0 fully saturated rings. The highest BCUT2D eigenvalue weighted by Crippen LogP contribution is 2.12. The van der Waals surface area contributed by atoms with E-state index < -0.39 is 0 Å². The van der Waals surface area contributed by atoms with Gasteiger partial charge in [-0.05, 0) is 29.8 Å². The number of benzene rings is 1. The molecule has 0 radical (unpaired) electrons. The zero-order valence-corrected chi connectivity index (χ0v) is 10.5. The van der Waals surface area contributed by atoms with Crippen molar-refractivity contribution < 1.29 is 9.18 Å². The Bertz CT molecular complexity index is 583. The van der Waals surface area contributed by atoms with Crippen LogP contribution in [0.3, 0.4) is 0 Å². The monoisotopic (exact) mass is 259 g/mol. The van der Waals surface area contributed by atoms with E-state index in [2.05, 4.69) is 4.98 Å². The molecular formula is C14H14FN3O. The average molecular weight is 259 g/mol. The van der Waals surface area contributed by atoms with Crippen LogP contribution in [0.25, 0.3) is 0 Å². The van der Waals surface area contributed by atoms with Crippen LogP contribution in [-0.4, -0.2) is 22.8 Å². The summed E-state index contributed by atoms with van der Waals surface area (Å²) in [5.41, 5.74) is 6.88. The lowest BCUT2D eigenvalue weighted by Crippen LogP contribution is -2.27. The molecule has 0 spiro atoms. The van der Waals surface area contributed by atoms with Gasteiger partial charge in [-0.25, -0.2) is 9.37 Å². The highest BCUT2D eigenvalue weighted by atomic mass is 19.1. The summed E-state index contributed by atoms with van der Waals surface area (Å²) < 4.78 is 12.8. The third kappa shape index (κ3) is 3.07. The Balaban J connectivity index is 2.12. The summed E-state index contributed by atoms with van der Waals surface area (Å²) in [6.45, 7) is 0.382. The Morgan fingerprint density at radius 1 is 1.32 bits per heavy atom. The molecule has 0 atom stereocenters. The lowest BCUT2D eigenvalue weighted by molar-refractivity contribution is 0.0786. The highest BCUT2D eigenvalue weighted by molar-refractivity contribution is 5.98. The molecule has 19 heavy (non-hydrogen) atoms. The quantitative estimate of drug-likeness (QED) is 0.918. The van der Waals surface area contributed by atoms with Crippen LogP contribution in [0.5, 0.6) is 0 Å². The summed E-state index contributed by atoms with van der Waals surface area (Å²) in [6, 6.07) is 9.32. The summed E-state index contributed by atoms with van der Waals surface area (Å²) in [5, 5.41) is 0. The van der Waals surface area contributed by atoms with Gasteiger partial charge in [-0.15, -0.1) is 0 Å². The van der Waals surface area contributed by atoms with E-state index in [-0.39, 0.29) is 17.5 Å². The van der Waals surface area contributed by atoms with E-state index in [1.165, 1.54) is 23.2 Å². The zero-order valence-electron chi connectivity index (χ0n) is 10.5. The minimum absolute atomic E-state index is 0.207. The number of nitrogen functional groups attached to an aromatic ring is 1. The smallest absolute Gasteiger partial charge is 0.257 e. The van der Waals surface area contributed by atoms with Gasteiger partial charge in [-0.1, -0.05) is 12.1 Å². The number of carbonyl (C=O) groups excluding carboxylic acids is 1. The Hall–Kier alpha value is -2.43. The van der Waals surface area contributed by atoms with Crippen LogP contribution < -0.4 is 5.73 Å². The van der Waals surface area contributed by atoms with Crippen molar-refractivity contribution >= 4 is 11.7 Å².